The summed E-state index contributed by atoms with van der Waals surface area (Å²) in [4.78, 5) is 6.79. The van der Waals surface area contributed by atoms with Crippen LogP contribution < -0.4 is 10.5 Å². The van der Waals surface area contributed by atoms with E-state index in [1.165, 1.54) is 4.88 Å². The Balaban J connectivity index is 0.00000157. The summed E-state index contributed by atoms with van der Waals surface area (Å²) in [7, 11) is 0. The number of ether oxygens (including phenoxy) is 1. The standard InChI is InChI=1S/C18H17N3O2S.ClH/c19-18(7-3-4-8-18)17-20-16(23-21-17)14-9-11-10-22-13-6-2-1-5-12(13)15(11)24-14;/h1-2,5-6,9H,3-4,7-8,10,19H2;1H. The van der Waals surface area contributed by atoms with Gasteiger partial charge < -0.3 is 15.0 Å². The van der Waals surface area contributed by atoms with Crippen LogP contribution in [0.5, 0.6) is 5.75 Å². The molecule has 25 heavy (non-hydrogen) atoms. The molecule has 5 nitrogen and oxygen atoms in total. The van der Waals surface area contributed by atoms with E-state index in [4.69, 9.17) is 15.0 Å². The van der Waals surface area contributed by atoms with Crippen molar-refractivity contribution in [1.29, 1.82) is 0 Å². The Hall–Kier alpha value is -1.89. The molecule has 1 aromatic carbocycles. The van der Waals surface area contributed by atoms with E-state index in [2.05, 4.69) is 22.3 Å². The van der Waals surface area contributed by atoms with E-state index in [-0.39, 0.29) is 12.4 Å². The van der Waals surface area contributed by atoms with Crippen LogP contribution in [0.25, 0.3) is 21.2 Å². The van der Waals surface area contributed by atoms with Crippen LogP contribution in [0.1, 0.15) is 37.1 Å². The number of para-hydroxylation sites is 1. The van der Waals surface area contributed by atoms with Gasteiger partial charge >= 0.3 is 0 Å². The molecule has 0 radical (unpaired) electrons. The summed E-state index contributed by atoms with van der Waals surface area (Å²) < 4.78 is 11.3. The van der Waals surface area contributed by atoms with Crippen LogP contribution in [-0.4, -0.2) is 10.1 Å². The van der Waals surface area contributed by atoms with Gasteiger partial charge in [0.1, 0.15) is 12.4 Å². The zero-order valence-electron chi connectivity index (χ0n) is 13.5. The Morgan fingerprint density at radius 1 is 1.16 bits per heavy atom. The summed E-state index contributed by atoms with van der Waals surface area (Å²) >= 11 is 1.67. The second kappa shape index (κ2) is 6.12. The second-order valence-electron chi connectivity index (χ2n) is 6.54. The fraction of sp³-hybridized carbons (Fsp3) is 0.333. The molecule has 5 rings (SSSR count). The molecular weight excluding hydrogens is 358 g/mol. The summed E-state index contributed by atoms with van der Waals surface area (Å²) in [5.74, 6) is 2.12. The van der Waals surface area contributed by atoms with Crippen molar-refractivity contribution in [3.8, 4) is 27.0 Å². The van der Waals surface area contributed by atoms with Crippen molar-refractivity contribution in [3.63, 3.8) is 0 Å². The molecule has 0 atom stereocenters. The Morgan fingerprint density at radius 3 is 2.80 bits per heavy atom. The van der Waals surface area contributed by atoms with Crippen LogP contribution in [0, 0.1) is 0 Å². The number of hydrogen-bond acceptors (Lipinski definition) is 6. The maximum atomic E-state index is 6.43. The fourth-order valence-electron chi connectivity index (χ4n) is 3.56. The highest BCUT2D eigenvalue weighted by molar-refractivity contribution is 7.19. The van der Waals surface area contributed by atoms with Crippen molar-refractivity contribution in [1.82, 2.24) is 10.1 Å². The lowest BCUT2D eigenvalue weighted by Crippen LogP contribution is -2.34. The minimum absolute atomic E-state index is 0. The van der Waals surface area contributed by atoms with Gasteiger partial charge in [0.25, 0.3) is 5.89 Å². The minimum Gasteiger partial charge on any atom is -0.488 e. The van der Waals surface area contributed by atoms with Crippen LogP contribution in [0.3, 0.4) is 0 Å². The fourth-order valence-corrected chi connectivity index (χ4v) is 4.68. The molecule has 1 fully saturated rings. The van der Waals surface area contributed by atoms with Gasteiger partial charge in [-0.05, 0) is 31.0 Å². The van der Waals surface area contributed by atoms with E-state index in [1.54, 1.807) is 11.3 Å². The molecule has 2 aliphatic rings. The Kier molecular flexibility index (Phi) is 4.06. The molecule has 0 bridgehead atoms. The van der Waals surface area contributed by atoms with Gasteiger partial charge in [-0.3, -0.25) is 0 Å². The SMILES string of the molecule is Cl.NC1(c2noc(-c3cc4c(s3)-c3ccccc3OC4)n2)CCCC1. The molecule has 130 valence electrons. The molecule has 0 amide bonds. The van der Waals surface area contributed by atoms with Crippen molar-refractivity contribution in [2.75, 3.05) is 0 Å². The monoisotopic (exact) mass is 375 g/mol. The minimum atomic E-state index is -0.422. The maximum Gasteiger partial charge on any atom is 0.268 e. The third kappa shape index (κ3) is 2.65. The van der Waals surface area contributed by atoms with E-state index >= 15 is 0 Å². The lowest BCUT2D eigenvalue weighted by Gasteiger charge is -2.17. The zero-order valence-corrected chi connectivity index (χ0v) is 15.2. The molecule has 1 aliphatic carbocycles. The zero-order chi connectivity index (χ0) is 16.1. The topological polar surface area (TPSA) is 74.2 Å². The smallest absolute Gasteiger partial charge is 0.268 e. The van der Waals surface area contributed by atoms with Crippen molar-refractivity contribution >= 4 is 23.7 Å². The molecule has 3 heterocycles. The van der Waals surface area contributed by atoms with Crippen LogP contribution in [0.4, 0.5) is 0 Å². The predicted molar refractivity (Wildman–Crippen MR) is 99.0 cm³/mol. The number of thiophene rings is 1. The highest BCUT2D eigenvalue weighted by Gasteiger charge is 2.36. The lowest BCUT2D eigenvalue weighted by molar-refractivity contribution is 0.303. The number of nitrogens with two attached hydrogens (primary N) is 1. The largest absolute Gasteiger partial charge is 0.488 e. The van der Waals surface area contributed by atoms with Gasteiger partial charge in [0, 0.05) is 16.0 Å². The lowest BCUT2D eigenvalue weighted by atomic mass is 9.99. The molecule has 2 N–H and O–H groups in total. The molecule has 2 aromatic heterocycles. The van der Waals surface area contributed by atoms with Crippen molar-refractivity contribution in [2.45, 2.75) is 37.8 Å². The molecule has 0 unspecified atom stereocenters. The molecule has 0 saturated heterocycles. The van der Waals surface area contributed by atoms with Crippen LogP contribution in [0.15, 0.2) is 34.9 Å². The third-order valence-electron chi connectivity index (χ3n) is 4.90. The van der Waals surface area contributed by atoms with Crippen LogP contribution in [0.2, 0.25) is 0 Å². The van der Waals surface area contributed by atoms with Crippen molar-refractivity contribution in [2.24, 2.45) is 5.73 Å². The first-order valence-electron chi connectivity index (χ1n) is 8.21. The van der Waals surface area contributed by atoms with Gasteiger partial charge in [0.05, 0.1) is 10.4 Å². The van der Waals surface area contributed by atoms with Gasteiger partial charge in [-0.15, -0.1) is 23.7 Å². The van der Waals surface area contributed by atoms with E-state index in [0.717, 1.165) is 47.4 Å². The summed E-state index contributed by atoms with van der Waals surface area (Å²) in [6.07, 6.45) is 4.10. The number of hydrogen-bond donors (Lipinski definition) is 1. The first-order valence-corrected chi connectivity index (χ1v) is 9.03. The van der Waals surface area contributed by atoms with E-state index < -0.39 is 5.54 Å². The number of halogens is 1. The summed E-state index contributed by atoms with van der Waals surface area (Å²) in [6, 6.07) is 10.2. The Labute approximate surface area is 155 Å². The van der Waals surface area contributed by atoms with Crippen molar-refractivity contribution in [3.05, 3.63) is 41.7 Å². The first kappa shape index (κ1) is 16.6. The van der Waals surface area contributed by atoms with Gasteiger partial charge in [0.15, 0.2) is 5.82 Å². The predicted octanol–water partition coefficient (Wildman–Crippen LogP) is 4.51. The molecular formula is C18H18ClN3O2S. The molecule has 7 heteroatoms. The number of benzene rings is 1. The summed E-state index contributed by atoms with van der Waals surface area (Å²) in [5, 5.41) is 4.16. The van der Waals surface area contributed by atoms with Gasteiger partial charge in [-0.25, -0.2) is 0 Å². The van der Waals surface area contributed by atoms with Crippen LogP contribution >= 0.6 is 23.7 Å². The average molecular weight is 376 g/mol. The van der Waals surface area contributed by atoms with E-state index in [9.17, 15) is 0 Å². The third-order valence-corrected chi connectivity index (χ3v) is 6.10. The average Bonchev–Trinajstić information content (AvgIpc) is 3.33. The van der Waals surface area contributed by atoms with Gasteiger partial charge in [0.2, 0.25) is 0 Å². The van der Waals surface area contributed by atoms with Gasteiger partial charge in [-0.2, -0.15) is 4.98 Å². The van der Waals surface area contributed by atoms with Crippen LogP contribution in [-0.2, 0) is 12.1 Å². The molecule has 1 saturated carbocycles. The molecule has 3 aromatic rings. The Morgan fingerprint density at radius 2 is 1.96 bits per heavy atom. The van der Waals surface area contributed by atoms with Gasteiger partial charge in [-0.1, -0.05) is 30.1 Å². The highest BCUT2D eigenvalue weighted by atomic mass is 35.5. The number of aromatic nitrogens is 2. The molecule has 1 aliphatic heterocycles. The molecule has 0 spiro atoms. The number of nitrogens with zero attached hydrogens (tertiary/aromatic N) is 2. The summed E-state index contributed by atoms with van der Waals surface area (Å²) in [5.41, 5.74) is 8.30. The van der Waals surface area contributed by atoms with E-state index in [0.29, 0.717) is 18.3 Å². The second-order valence-corrected chi connectivity index (χ2v) is 7.59. The Bertz CT molecular complexity index is 915. The maximum absolute atomic E-state index is 6.43. The highest BCUT2D eigenvalue weighted by Crippen LogP contribution is 2.45. The first-order chi connectivity index (χ1) is 11.7. The van der Waals surface area contributed by atoms with Crippen molar-refractivity contribution < 1.29 is 9.26 Å². The number of fused-ring (bicyclic) bond motifs is 3. The normalized spacial score (nSPS) is 17.3. The quantitative estimate of drug-likeness (QED) is 0.713. The van der Waals surface area contributed by atoms with E-state index in [1.807, 2.05) is 18.2 Å². The summed E-state index contributed by atoms with van der Waals surface area (Å²) in [6.45, 7) is 0.574. The number of rotatable bonds is 2.